The average Bonchev–Trinajstić information content (AvgIpc) is 2.57. The highest BCUT2D eigenvalue weighted by Crippen LogP contribution is 2.12. The number of rotatable bonds is 4. The van der Waals surface area contributed by atoms with Gasteiger partial charge in [-0.3, -0.25) is 4.48 Å². The van der Waals surface area contributed by atoms with Gasteiger partial charge in [-0.15, -0.1) is 0 Å². The molecule has 1 rings (SSSR count). The van der Waals surface area contributed by atoms with E-state index in [0.29, 0.717) is 0 Å². The van der Waals surface area contributed by atoms with Crippen molar-refractivity contribution in [1.82, 2.24) is 0 Å². The first-order valence-electron chi connectivity index (χ1n) is 4.27. The fourth-order valence-corrected chi connectivity index (χ4v) is 1.24. The quantitative estimate of drug-likeness (QED) is 0.512. The van der Waals surface area contributed by atoms with Crippen molar-refractivity contribution in [3.05, 3.63) is 24.6 Å². The lowest BCUT2D eigenvalue weighted by Crippen LogP contribution is -2.31. The summed E-state index contributed by atoms with van der Waals surface area (Å²) in [6, 6.07) is 0. The van der Waals surface area contributed by atoms with E-state index in [4.69, 9.17) is 9.53 Å². The van der Waals surface area contributed by atoms with E-state index in [-0.39, 0.29) is 7.43 Å². The summed E-state index contributed by atoms with van der Waals surface area (Å²) in [6.45, 7) is 3.98. The second-order valence-corrected chi connectivity index (χ2v) is 3.10. The van der Waals surface area contributed by atoms with Gasteiger partial charge in [-0.1, -0.05) is 7.43 Å². The van der Waals surface area contributed by atoms with Gasteiger partial charge in [0, 0.05) is 13.5 Å². The van der Waals surface area contributed by atoms with Crippen LogP contribution in [0.5, 0.6) is 0 Å². The number of carbonyl (C=O) groups excluding carboxylic acids is 1. The Hall–Kier alpha value is -0.930. The van der Waals surface area contributed by atoms with E-state index in [1.54, 1.807) is 7.11 Å². The minimum absolute atomic E-state index is 0. The fourth-order valence-electron chi connectivity index (χ4n) is 1.24. The molecular weight excluding hydrogens is 178 g/mol. The summed E-state index contributed by atoms with van der Waals surface area (Å²) in [5.74, 6) is 0. The van der Waals surface area contributed by atoms with Crippen molar-refractivity contribution in [2.45, 2.75) is 13.8 Å². The van der Waals surface area contributed by atoms with E-state index in [9.17, 15) is 0 Å². The van der Waals surface area contributed by atoms with Gasteiger partial charge in [-0.05, 0) is 12.2 Å². The number of nitrogens with zero attached hydrogens (tertiary/aromatic N) is 1. The van der Waals surface area contributed by atoms with Crippen LogP contribution in [0, 0.1) is 0 Å². The third kappa shape index (κ3) is 5.67. The first-order valence-corrected chi connectivity index (χ1v) is 4.27. The van der Waals surface area contributed by atoms with Crippen LogP contribution in [-0.4, -0.2) is 38.6 Å². The smallest absolute Gasteiger partial charge is 0.106 e. The summed E-state index contributed by atoms with van der Waals surface area (Å²) in [5, 5.41) is 0. The van der Waals surface area contributed by atoms with Crippen molar-refractivity contribution in [1.29, 1.82) is 0 Å². The second-order valence-electron chi connectivity index (χ2n) is 3.10. The molecule has 1 heterocycles. The Bertz CT molecular complexity index is 176. The Morgan fingerprint density at radius 3 is 2.21 bits per heavy atom. The van der Waals surface area contributed by atoms with Crippen molar-refractivity contribution in [3.63, 3.8) is 0 Å². The highest BCUT2D eigenvalue weighted by atomic mass is 16.5. The lowest BCUT2D eigenvalue weighted by atomic mass is 10.4. The number of methoxy groups -OCH3 is 1. The third-order valence-corrected chi connectivity index (χ3v) is 1.95. The molecule has 0 radical (unpaired) electrons. The Labute approximate surface area is 87.3 Å². The van der Waals surface area contributed by atoms with Crippen LogP contribution >= 0.6 is 0 Å². The van der Waals surface area contributed by atoms with Gasteiger partial charge in [0.05, 0.1) is 20.2 Å². The molecule has 0 aromatic carbocycles. The molecule has 3 nitrogen and oxygen atoms in total. The van der Waals surface area contributed by atoms with Crippen molar-refractivity contribution in [3.8, 4) is 0 Å². The zero-order chi connectivity index (χ0) is 10.2. The molecule has 0 unspecified atom stereocenters. The number of carbonyl (C=O) groups is 1. The molecule has 0 saturated heterocycles. The maximum Gasteiger partial charge on any atom is 0.106 e. The summed E-state index contributed by atoms with van der Waals surface area (Å²) < 4.78 is 5.91. The minimum atomic E-state index is 0. The van der Waals surface area contributed by atoms with Crippen LogP contribution in [0.25, 0.3) is 0 Å². The molecular formula is C11H22NO2+. The zero-order valence-electron chi connectivity index (χ0n) is 8.40. The van der Waals surface area contributed by atoms with Crippen LogP contribution in [-0.2, 0) is 9.53 Å². The Morgan fingerprint density at radius 1 is 1.29 bits per heavy atom. The van der Waals surface area contributed by atoms with Crippen LogP contribution in [0.4, 0.5) is 0 Å². The molecule has 0 spiro atoms. The van der Waals surface area contributed by atoms with E-state index >= 15 is 0 Å². The summed E-state index contributed by atoms with van der Waals surface area (Å²) in [7, 11) is 3.94. The maximum atomic E-state index is 8.00. The van der Waals surface area contributed by atoms with Crippen molar-refractivity contribution in [2.75, 3.05) is 27.3 Å². The van der Waals surface area contributed by atoms with Crippen molar-refractivity contribution in [2.24, 2.45) is 0 Å². The fraction of sp³-hybridized carbons (Fsp3) is 0.545. The van der Waals surface area contributed by atoms with Gasteiger partial charge in [0.25, 0.3) is 0 Å². The van der Waals surface area contributed by atoms with E-state index < -0.39 is 0 Å². The first-order chi connectivity index (χ1) is 6.27. The van der Waals surface area contributed by atoms with E-state index in [1.165, 1.54) is 0 Å². The normalized spacial score (nSPS) is 15.6. The zero-order valence-corrected chi connectivity index (χ0v) is 8.40. The lowest BCUT2D eigenvalue weighted by molar-refractivity contribution is -0.804. The third-order valence-electron chi connectivity index (χ3n) is 1.95. The molecule has 0 aromatic rings. The molecule has 0 aromatic heterocycles. The summed E-state index contributed by atoms with van der Waals surface area (Å²) >= 11 is 0. The van der Waals surface area contributed by atoms with Gasteiger partial charge in [-0.2, -0.15) is 0 Å². The van der Waals surface area contributed by atoms with Gasteiger partial charge < -0.3 is 9.53 Å². The number of hydrogen-bond acceptors (Lipinski definition) is 2. The molecule has 3 heteroatoms. The number of hydrogen-bond donors (Lipinski definition) is 0. The molecule has 0 bridgehead atoms. The molecule has 1 aliphatic heterocycles. The number of quaternary nitrogens is 1. The number of ether oxygens (including phenoxy) is 1. The van der Waals surface area contributed by atoms with Crippen LogP contribution in [0.15, 0.2) is 24.6 Å². The molecule has 0 N–H and O–H groups in total. The molecule has 0 aliphatic carbocycles. The van der Waals surface area contributed by atoms with Gasteiger partial charge >= 0.3 is 0 Å². The average molecular weight is 200 g/mol. The minimum Gasteiger partial charge on any atom is -0.384 e. The topological polar surface area (TPSA) is 26.3 Å². The van der Waals surface area contributed by atoms with Crippen LogP contribution < -0.4 is 0 Å². The van der Waals surface area contributed by atoms with E-state index in [0.717, 1.165) is 24.1 Å². The molecule has 14 heavy (non-hydrogen) atoms. The molecule has 1 aliphatic rings. The SMILES string of the molecule is C.C=O.COCCC[N+]1(C)C=CC=C1. The molecule has 0 saturated carbocycles. The highest BCUT2D eigenvalue weighted by Gasteiger charge is 2.16. The predicted octanol–water partition coefficient (Wildman–Crippen LogP) is 1.96. The predicted molar refractivity (Wildman–Crippen MR) is 59.7 cm³/mol. The second kappa shape index (κ2) is 8.66. The Morgan fingerprint density at radius 2 is 1.79 bits per heavy atom. The first kappa shape index (κ1) is 15.5. The van der Waals surface area contributed by atoms with Crippen LogP contribution in [0.3, 0.4) is 0 Å². The lowest BCUT2D eigenvalue weighted by Gasteiger charge is -2.22. The van der Waals surface area contributed by atoms with Crippen LogP contribution in [0.2, 0.25) is 0 Å². The number of allylic oxidation sites excluding steroid dienone is 2. The summed E-state index contributed by atoms with van der Waals surface area (Å²) in [4.78, 5) is 8.00. The molecule has 0 atom stereocenters. The largest absolute Gasteiger partial charge is 0.384 e. The standard InChI is InChI=1S/C9H16NO.CH2O.CH4/c1-10(6-3-4-7-10)8-5-9-11-2;1-2;/h3-4,6-7H,5,8-9H2,1-2H3;1H2;1H4/q+1;;. The van der Waals surface area contributed by atoms with Gasteiger partial charge in [-0.25, -0.2) is 0 Å². The van der Waals surface area contributed by atoms with E-state index in [1.807, 2.05) is 6.79 Å². The van der Waals surface area contributed by atoms with Gasteiger partial charge in [0.1, 0.15) is 19.2 Å². The van der Waals surface area contributed by atoms with Gasteiger partial charge in [0.15, 0.2) is 0 Å². The maximum absolute atomic E-state index is 8.00. The van der Waals surface area contributed by atoms with Crippen LogP contribution in [0.1, 0.15) is 13.8 Å². The van der Waals surface area contributed by atoms with Crippen molar-refractivity contribution >= 4 is 6.79 Å². The molecule has 82 valence electrons. The van der Waals surface area contributed by atoms with Crippen molar-refractivity contribution < 1.29 is 14.0 Å². The monoisotopic (exact) mass is 200 g/mol. The van der Waals surface area contributed by atoms with E-state index in [2.05, 4.69) is 31.6 Å². The summed E-state index contributed by atoms with van der Waals surface area (Å²) in [5.41, 5.74) is 0. The molecule has 0 amide bonds. The highest BCUT2D eigenvalue weighted by molar-refractivity contribution is 5.11. The Balaban J connectivity index is 0. The summed E-state index contributed by atoms with van der Waals surface area (Å²) in [6.07, 6.45) is 9.67. The Kier molecular flexibility index (Phi) is 9.61. The van der Waals surface area contributed by atoms with Gasteiger partial charge in [0.2, 0.25) is 0 Å². The molecule has 0 fully saturated rings.